The van der Waals surface area contributed by atoms with Crippen LogP contribution in [0.15, 0.2) is 18.2 Å². The van der Waals surface area contributed by atoms with Crippen molar-refractivity contribution >= 4 is 5.69 Å². The summed E-state index contributed by atoms with van der Waals surface area (Å²) in [6, 6.07) is 6.52. The molecule has 1 aromatic carbocycles. The largest absolute Gasteiger partial charge is 0.497 e. The predicted octanol–water partition coefficient (Wildman–Crippen LogP) is 2.90. The molecule has 0 saturated heterocycles. The lowest BCUT2D eigenvalue weighted by atomic mass is 10.1. The van der Waals surface area contributed by atoms with Crippen LogP contribution in [-0.2, 0) is 6.54 Å². The summed E-state index contributed by atoms with van der Waals surface area (Å²) >= 11 is 0. The number of nitrogens with two attached hydrogens (primary N) is 1. The van der Waals surface area contributed by atoms with Gasteiger partial charge in [0, 0.05) is 24.3 Å². The fourth-order valence-electron chi connectivity index (χ4n) is 2.15. The second kappa shape index (κ2) is 6.50. The predicted molar refractivity (Wildman–Crippen MR) is 73.2 cm³/mol. The Balaban J connectivity index is 2.74. The molecule has 0 aliphatic carbocycles. The zero-order valence-corrected chi connectivity index (χ0v) is 11.4. The Bertz CT molecular complexity index is 348. The van der Waals surface area contributed by atoms with Crippen LogP contribution in [0.1, 0.15) is 32.3 Å². The highest BCUT2D eigenvalue weighted by molar-refractivity contribution is 5.51. The van der Waals surface area contributed by atoms with E-state index in [9.17, 15) is 0 Å². The van der Waals surface area contributed by atoms with Crippen molar-refractivity contribution in [3.05, 3.63) is 23.8 Å². The second-order valence-electron chi connectivity index (χ2n) is 4.45. The number of ether oxygens (including phenoxy) is 1. The summed E-state index contributed by atoms with van der Waals surface area (Å²) in [5.74, 6) is 0.816. The molecule has 0 aliphatic heterocycles. The van der Waals surface area contributed by atoms with Crippen LogP contribution >= 0.6 is 0 Å². The van der Waals surface area contributed by atoms with E-state index >= 15 is 0 Å². The third-order valence-corrected chi connectivity index (χ3v) is 3.34. The summed E-state index contributed by atoms with van der Waals surface area (Å²) in [7, 11) is 3.81. The molecule has 3 heteroatoms. The van der Waals surface area contributed by atoms with E-state index in [-0.39, 0.29) is 0 Å². The van der Waals surface area contributed by atoms with Crippen molar-refractivity contribution < 1.29 is 4.74 Å². The van der Waals surface area contributed by atoms with E-state index in [4.69, 9.17) is 10.5 Å². The van der Waals surface area contributed by atoms with Crippen LogP contribution in [-0.4, -0.2) is 25.1 Å². The van der Waals surface area contributed by atoms with Gasteiger partial charge in [0.25, 0.3) is 0 Å². The first-order chi connectivity index (χ1) is 8.12. The van der Waals surface area contributed by atoms with Gasteiger partial charge in [0.2, 0.25) is 0 Å². The van der Waals surface area contributed by atoms with Crippen molar-refractivity contribution in [2.45, 2.75) is 39.3 Å². The summed E-state index contributed by atoms with van der Waals surface area (Å²) in [5.41, 5.74) is 8.00. The number of anilines is 1. The maximum atomic E-state index is 6.02. The fraction of sp³-hybridized carbons (Fsp3) is 0.571. The molecular weight excluding hydrogens is 212 g/mol. The van der Waals surface area contributed by atoms with Crippen molar-refractivity contribution in [3.8, 4) is 5.75 Å². The molecule has 0 amide bonds. The summed E-state index contributed by atoms with van der Waals surface area (Å²) in [5, 5.41) is 0. The van der Waals surface area contributed by atoms with Crippen molar-refractivity contribution in [1.82, 2.24) is 4.90 Å². The van der Waals surface area contributed by atoms with Crippen LogP contribution in [0, 0.1) is 0 Å². The van der Waals surface area contributed by atoms with Gasteiger partial charge in [-0.2, -0.15) is 0 Å². The molecule has 1 rings (SSSR count). The molecule has 0 bridgehead atoms. The lowest BCUT2D eigenvalue weighted by molar-refractivity contribution is 0.222. The van der Waals surface area contributed by atoms with Crippen molar-refractivity contribution in [3.63, 3.8) is 0 Å². The molecule has 0 aliphatic rings. The van der Waals surface area contributed by atoms with E-state index < -0.39 is 0 Å². The molecule has 96 valence electrons. The number of hydrogen-bond acceptors (Lipinski definition) is 3. The maximum absolute atomic E-state index is 6.02. The Morgan fingerprint density at radius 3 is 2.41 bits per heavy atom. The SMILES string of the molecule is CCC(CC)N(C)Cc1ccc(OC)cc1N. The molecule has 0 fully saturated rings. The number of nitrogen functional groups attached to an aromatic ring is 1. The maximum Gasteiger partial charge on any atom is 0.120 e. The molecule has 0 heterocycles. The van der Waals surface area contributed by atoms with Gasteiger partial charge in [-0.15, -0.1) is 0 Å². The number of nitrogens with zero attached hydrogens (tertiary/aromatic N) is 1. The van der Waals surface area contributed by atoms with Crippen LogP contribution in [0.3, 0.4) is 0 Å². The van der Waals surface area contributed by atoms with Gasteiger partial charge in [-0.25, -0.2) is 0 Å². The minimum absolute atomic E-state index is 0.622. The lowest BCUT2D eigenvalue weighted by Crippen LogP contribution is -2.30. The van der Waals surface area contributed by atoms with Gasteiger partial charge < -0.3 is 10.5 Å². The van der Waals surface area contributed by atoms with Crippen molar-refractivity contribution in [2.75, 3.05) is 19.9 Å². The minimum atomic E-state index is 0.622. The van der Waals surface area contributed by atoms with Gasteiger partial charge in [0.15, 0.2) is 0 Å². The van der Waals surface area contributed by atoms with Gasteiger partial charge in [-0.1, -0.05) is 19.9 Å². The monoisotopic (exact) mass is 236 g/mol. The quantitative estimate of drug-likeness (QED) is 0.772. The highest BCUT2D eigenvalue weighted by atomic mass is 16.5. The van der Waals surface area contributed by atoms with Crippen molar-refractivity contribution in [2.24, 2.45) is 0 Å². The first-order valence-electron chi connectivity index (χ1n) is 6.24. The van der Waals surface area contributed by atoms with E-state index in [2.05, 4.69) is 25.8 Å². The standard InChI is InChI=1S/C14H24N2O/c1-5-12(6-2)16(3)10-11-7-8-13(17-4)9-14(11)15/h7-9,12H,5-6,10,15H2,1-4H3. The number of methoxy groups -OCH3 is 1. The number of rotatable bonds is 6. The van der Waals surface area contributed by atoms with Gasteiger partial charge in [0.05, 0.1) is 7.11 Å². The Kier molecular flexibility index (Phi) is 5.29. The minimum Gasteiger partial charge on any atom is -0.497 e. The first kappa shape index (κ1) is 13.8. The lowest BCUT2D eigenvalue weighted by Gasteiger charge is -2.26. The highest BCUT2D eigenvalue weighted by Crippen LogP contribution is 2.22. The summed E-state index contributed by atoms with van der Waals surface area (Å²) in [6.45, 7) is 5.34. The van der Waals surface area contributed by atoms with Gasteiger partial charge in [-0.05, 0) is 31.5 Å². The number of benzene rings is 1. The molecule has 0 radical (unpaired) electrons. The Morgan fingerprint density at radius 2 is 1.94 bits per heavy atom. The molecule has 0 unspecified atom stereocenters. The average Bonchev–Trinajstić information content (AvgIpc) is 2.33. The smallest absolute Gasteiger partial charge is 0.120 e. The number of hydrogen-bond donors (Lipinski definition) is 1. The Morgan fingerprint density at radius 1 is 1.29 bits per heavy atom. The highest BCUT2D eigenvalue weighted by Gasteiger charge is 2.12. The van der Waals surface area contributed by atoms with E-state index in [0.29, 0.717) is 6.04 Å². The van der Waals surface area contributed by atoms with Crippen molar-refractivity contribution in [1.29, 1.82) is 0 Å². The summed E-state index contributed by atoms with van der Waals surface area (Å²) in [6.07, 6.45) is 2.34. The van der Waals surface area contributed by atoms with E-state index in [1.54, 1.807) is 7.11 Å². The van der Waals surface area contributed by atoms with Gasteiger partial charge >= 0.3 is 0 Å². The molecule has 0 aromatic heterocycles. The molecule has 0 saturated carbocycles. The summed E-state index contributed by atoms with van der Waals surface area (Å²) < 4.78 is 5.15. The van der Waals surface area contributed by atoms with Crippen LogP contribution < -0.4 is 10.5 Å². The van der Waals surface area contributed by atoms with E-state index in [1.807, 2.05) is 18.2 Å². The molecule has 0 atom stereocenters. The Labute approximate surface area is 105 Å². The van der Waals surface area contributed by atoms with Gasteiger partial charge in [-0.3, -0.25) is 4.90 Å². The fourth-order valence-corrected chi connectivity index (χ4v) is 2.15. The van der Waals surface area contributed by atoms with E-state index in [1.165, 1.54) is 18.4 Å². The molecule has 17 heavy (non-hydrogen) atoms. The van der Waals surface area contributed by atoms with Crippen LogP contribution in [0.4, 0.5) is 5.69 Å². The first-order valence-corrected chi connectivity index (χ1v) is 6.24. The normalized spacial score (nSPS) is 11.2. The molecule has 3 nitrogen and oxygen atoms in total. The molecule has 0 spiro atoms. The third-order valence-electron chi connectivity index (χ3n) is 3.34. The van der Waals surface area contributed by atoms with E-state index in [0.717, 1.165) is 18.0 Å². The van der Waals surface area contributed by atoms with Crippen LogP contribution in [0.5, 0.6) is 5.75 Å². The molecular formula is C14H24N2O. The zero-order valence-electron chi connectivity index (χ0n) is 11.4. The third kappa shape index (κ3) is 3.63. The summed E-state index contributed by atoms with van der Waals surface area (Å²) in [4.78, 5) is 2.36. The Hall–Kier alpha value is -1.22. The van der Waals surface area contributed by atoms with Gasteiger partial charge in [0.1, 0.15) is 5.75 Å². The molecule has 1 aromatic rings. The zero-order chi connectivity index (χ0) is 12.8. The second-order valence-corrected chi connectivity index (χ2v) is 4.45. The van der Waals surface area contributed by atoms with Crippen LogP contribution in [0.25, 0.3) is 0 Å². The average molecular weight is 236 g/mol. The molecule has 2 N–H and O–H groups in total. The van der Waals surface area contributed by atoms with Crippen LogP contribution in [0.2, 0.25) is 0 Å². The topological polar surface area (TPSA) is 38.5 Å².